The predicted molar refractivity (Wildman–Crippen MR) is 257 cm³/mol. The Morgan fingerprint density at radius 2 is 0.983 bits per heavy atom. The van der Waals surface area contributed by atoms with E-state index in [0.717, 1.165) is 30.8 Å². The van der Waals surface area contributed by atoms with E-state index >= 15 is 0 Å². The van der Waals surface area contributed by atoms with Gasteiger partial charge in [0.05, 0.1) is 0 Å². The maximum Gasteiger partial charge on any atom is 0.198 e. The number of hydrogen-bond donors (Lipinski definition) is 0. The number of rotatable bonds is 9. The molecule has 1 heterocycles. The molecule has 9 aromatic carbocycles. The summed E-state index contributed by atoms with van der Waals surface area (Å²) in [6.45, 7) is 4.48. The van der Waals surface area contributed by atoms with Gasteiger partial charge < -0.3 is 9.80 Å². The molecule has 1 aliphatic heterocycles. The summed E-state index contributed by atoms with van der Waals surface area (Å²) in [5, 5.41) is 0. The van der Waals surface area contributed by atoms with E-state index in [1.165, 1.54) is 83.6 Å². The van der Waals surface area contributed by atoms with E-state index in [2.05, 4.69) is 242 Å². The van der Waals surface area contributed by atoms with Gasteiger partial charge in [0.1, 0.15) is 0 Å². The summed E-state index contributed by atoms with van der Waals surface area (Å²) in [7, 11) is 0.828. The van der Waals surface area contributed by atoms with Crippen molar-refractivity contribution in [2.75, 3.05) is 9.80 Å². The monoisotopic (exact) mass is 768 g/mol. The fourth-order valence-electron chi connectivity index (χ4n) is 8.92. The molecule has 0 unspecified atom stereocenters. The van der Waals surface area contributed by atoms with Crippen LogP contribution in [0, 0.1) is 13.8 Å². The maximum atomic E-state index is 2.53. The highest BCUT2D eigenvalue weighted by atomic mass is 15.2. The first-order valence-corrected chi connectivity index (χ1v) is 20.9. The van der Waals surface area contributed by atoms with Gasteiger partial charge in [-0.15, -0.1) is 0 Å². The van der Waals surface area contributed by atoms with Gasteiger partial charge >= 0.3 is 0 Å². The minimum absolute atomic E-state index is 0.808. The van der Waals surface area contributed by atoms with Crippen LogP contribution in [0.2, 0.25) is 0 Å². The number of nitrogens with zero attached hydrogens (tertiary/aromatic N) is 2. The van der Waals surface area contributed by atoms with Crippen LogP contribution in [-0.2, 0) is 6.42 Å². The Balaban J connectivity index is 1.17. The normalized spacial score (nSPS) is 11.7. The summed E-state index contributed by atoms with van der Waals surface area (Å²) in [5.41, 5.74) is 22.2. The van der Waals surface area contributed by atoms with Crippen LogP contribution < -0.4 is 20.7 Å². The minimum atomic E-state index is 0.808. The molecule has 0 amide bonds. The molecule has 0 spiro atoms. The van der Waals surface area contributed by atoms with Gasteiger partial charge in [0, 0.05) is 34.1 Å². The summed E-state index contributed by atoms with van der Waals surface area (Å²) in [5.74, 6) is 0. The molecule has 0 saturated heterocycles. The zero-order valence-electron chi connectivity index (χ0n) is 34.1. The van der Waals surface area contributed by atoms with Gasteiger partial charge in [-0.05, 0) is 136 Å². The third-order valence-corrected chi connectivity index (χ3v) is 11.9. The number of anilines is 6. The third kappa shape index (κ3) is 7.20. The third-order valence-electron chi connectivity index (χ3n) is 11.9. The fourth-order valence-corrected chi connectivity index (χ4v) is 8.92. The van der Waals surface area contributed by atoms with Gasteiger partial charge in [0.15, 0.2) is 7.28 Å². The zero-order valence-corrected chi connectivity index (χ0v) is 34.1. The van der Waals surface area contributed by atoms with Crippen LogP contribution in [0.1, 0.15) is 22.3 Å². The summed E-state index contributed by atoms with van der Waals surface area (Å²) >= 11 is 0. The van der Waals surface area contributed by atoms with E-state index in [9.17, 15) is 0 Å². The second-order valence-corrected chi connectivity index (χ2v) is 15.9. The quantitative estimate of drug-likeness (QED) is 0.135. The minimum Gasteiger partial charge on any atom is -0.311 e. The molecule has 10 rings (SSSR count). The summed E-state index contributed by atoms with van der Waals surface area (Å²) < 4.78 is 0. The second kappa shape index (κ2) is 16.1. The Kier molecular flexibility index (Phi) is 9.93. The zero-order chi connectivity index (χ0) is 40.4. The van der Waals surface area contributed by atoms with Crippen molar-refractivity contribution in [2.45, 2.75) is 20.3 Å². The van der Waals surface area contributed by atoms with Gasteiger partial charge in [-0.2, -0.15) is 0 Å². The highest BCUT2D eigenvalue weighted by molar-refractivity contribution is 6.73. The molecule has 0 bridgehead atoms. The standard InChI is InChI=1S/C57H45BN2/c1-40-35-52(57-56(36-40)60(54-26-16-15-17-41(54)2)55-38-46(32-34-53(55)58-57)44-20-9-4-10-21-44)51-39-50(59(48-22-11-5-12-23-48)49-24-13-6-14-25-49)33-31-47(51)37-42-27-29-45(30-28-42)43-18-7-3-8-19-43/h3-36,38-39,58H,37H2,1-2H3. The van der Waals surface area contributed by atoms with Crippen molar-refractivity contribution in [3.8, 4) is 33.4 Å². The molecule has 0 radical (unpaired) electrons. The number of fused-ring (bicyclic) bond motifs is 2. The Morgan fingerprint density at radius 3 is 1.63 bits per heavy atom. The molecular formula is C57H45BN2. The molecule has 0 aliphatic carbocycles. The smallest absolute Gasteiger partial charge is 0.198 e. The molecule has 0 N–H and O–H groups in total. The van der Waals surface area contributed by atoms with Gasteiger partial charge in [-0.25, -0.2) is 0 Å². The van der Waals surface area contributed by atoms with Crippen LogP contribution in [0.4, 0.5) is 34.1 Å². The molecule has 0 fully saturated rings. The summed E-state index contributed by atoms with van der Waals surface area (Å²) in [6, 6.07) is 79.8. The molecule has 2 nitrogen and oxygen atoms in total. The summed E-state index contributed by atoms with van der Waals surface area (Å²) in [6.07, 6.45) is 0.808. The Hall–Kier alpha value is -7.36. The summed E-state index contributed by atoms with van der Waals surface area (Å²) in [4.78, 5) is 4.91. The molecule has 3 heteroatoms. The first kappa shape index (κ1) is 37.0. The molecule has 0 aromatic heterocycles. The topological polar surface area (TPSA) is 6.48 Å². The van der Waals surface area contributed by atoms with Gasteiger partial charge in [-0.1, -0.05) is 169 Å². The predicted octanol–water partition coefficient (Wildman–Crippen LogP) is 13.5. The van der Waals surface area contributed by atoms with Crippen molar-refractivity contribution in [3.05, 3.63) is 241 Å². The van der Waals surface area contributed by atoms with Crippen molar-refractivity contribution in [2.24, 2.45) is 0 Å². The van der Waals surface area contributed by atoms with E-state index < -0.39 is 0 Å². The lowest BCUT2D eigenvalue weighted by Crippen LogP contribution is -2.41. The van der Waals surface area contributed by atoms with E-state index in [0.29, 0.717) is 0 Å². The van der Waals surface area contributed by atoms with Gasteiger partial charge in [0.2, 0.25) is 0 Å². The van der Waals surface area contributed by atoms with E-state index in [1.807, 2.05) is 0 Å². The molecule has 9 aromatic rings. The van der Waals surface area contributed by atoms with E-state index in [-0.39, 0.29) is 0 Å². The molecule has 0 atom stereocenters. The Labute approximate surface area is 354 Å². The fraction of sp³-hybridized carbons (Fsp3) is 0.0526. The largest absolute Gasteiger partial charge is 0.311 e. The number of hydrogen-bond acceptors (Lipinski definition) is 2. The van der Waals surface area contributed by atoms with Crippen LogP contribution in [0.25, 0.3) is 33.4 Å². The SMILES string of the molecule is Cc1cc(-c2cc(N(c3ccccc3)c3ccccc3)ccc2Cc2ccc(-c3ccccc3)cc2)c2c(c1)N(c1ccccc1C)c1cc(-c3ccccc3)ccc1B2. The number of para-hydroxylation sites is 3. The second-order valence-electron chi connectivity index (χ2n) is 15.9. The number of aryl methyl sites for hydroxylation is 2. The molecule has 0 saturated carbocycles. The Morgan fingerprint density at radius 1 is 0.417 bits per heavy atom. The van der Waals surface area contributed by atoms with Crippen molar-refractivity contribution < 1.29 is 0 Å². The maximum absolute atomic E-state index is 2.53. The van der Waals surface area contributed by atoms with Crippen LogP contribution in [0.15, 0.2) is 218 Å². The Bertz CT molecular complexity index is 2890. The molecule has 286 valence electrons. The average Bonchev–Trinajstić information content (AvgIpc) is 3.30. The average molecular weight is 769 g/mol. The van der Waals surface area contributed by atoms with E-state index in [4.69, 9.17) is 0 Å². The van der Waals surface area contributed by atoms with Crippen LogP contribution in [0.5, 0.6) is 0 Å². The van der Waals surface area contributed by atoms with Crippen LogP contribution in [-0.4, -0.2) is 7.28 Å². The van der Waals surface area contributed by atoms with Crippen molar-refractivity contribution in [1.82, 2.24) is 0 Å². The van der Waals surface area contributed by atoms with Crippen molar-refractivity contribution in [3.63, 3.8) is 0 Å². The van der Waals surface area contributed by atoms with E-state index in [1.54, 1.807) is 0 Å². The molecule has 1 aliphatic rings. The van der Waals surface area contributed by atoms with Gasteiger partial charge in [0.25, 0.3) is 0 Å². The first-order valence-electron chi connectivity index (χ1n) is 20.9. The highest BCUT2D eigenvalue weighted by Crippen LogP contribution is 2.43. The molecular weight excluding hydrogens is 723 g/mol. The lowest BCUT2D eigenvalue weighted by atomic mass is 9.57. The van der Waals surface area contributed by atoms with Crippen LogP contribution >= 0.6 is 0 Å². The van der Waals surface area contributed by atoms with Crippen molar-refractivity contribution in [1.29, 1.82) is 0 Å². The lowest BCUT2D eigenvalue weighted by Gasteiger charge is -2.36. The van der Waals surface area contributed by atoms with Gasteiger partial charge in [-0.3, -0.25) is 0 Å². The highest BCUT2D eigenvalue weighted by Gasteiger charge is 2.30. The number of benzene rings is 9. The first-order chi connectivity index (χ1) is 29.6. The van der Waals surface area contributed by atoms with Crippen molar-refractivity contribution >= 4 is 52.3 Å². The lowest BCUT2D eigenvalue weighted by molar-refractivity contribution is 1.18. The van der Waals surface area contributed by atoms with Crippen LogP contribution in [0.3, 0.4) is 0 Å². The molecule has 60 heavy (non-hydrogen) atoms.